The van der Waals surface area contributed by atoms with Crippen LogP contribution in [-0.4, -0.2) is 32.1 Å². The lowest BCUT2D eigenvalue weighted by molar-refractivity contribution is -0.142. The third-order valence-electron chi connectivity index (χ3n) is 4.14. The van der Waals surface area contributed by atoms with Gasteiger partial charge in [-0.3, -0.25) is 4.79 Å². The van der Waals surface area contributed by atoms with E-state index >= 15 is 0 Å². The van der Waals surface area contributed by atoms with Crippen LogP contribution < -0.4 is 0 Å². The zero-order chi connectivity index (χ0) is 13.2. The lowest BCUT2D eigenvalue weighted by Gasteiger charge is -2.20. The van der Waals surface area contributed by atoms with E-state index in [2.05, 4.69) is 10.8 Å². The van der Waals surface area contributed by atoms with Gasteiger partial charge in [0.2, 0.25) is 0 Å². The zero-order valence-corrected chi connectivity index (χ0v) is 11.9. The van der Waals surface area contributed by atoms with Crippen molar-refractivity contribution in [2.75, 3.05) is 11.5 Å². The molecular weight excluding hydrogens is 260 g/mol. The Morgan fingerprint density at radius 1 is 1.53 bits per heavy atom. The number of imidazole rings is 1. The molecule has 19 heavy (non-hydrogen) atoms. The predicted molar refractivity (Wildman–Crippen MR) is 75.4 cm³/mol. The molecule has 0 radical (unpaired) electrons. The van der Waals surface area contributed by atoms with Gasteiger partial charge in [-0.15, -0.1) is 0 Å². The molecule has 2 unspecified atom stereocenters. The van der Waals surface area contributed by atoms with Crippen LogP contribution in [-0.2, 0) is 24.2 Å². The molecule has 0 aromatic carbocycles. The molecule has 4 nitrogen and oxygen atoms in total. The first-order valence-electron chi connectivity index (χ1n) is 7.08. The third-order valence-corrected chi connectivity index (χ3v) is 5.43. The number of aromatic nitrogens is 2. The zero-order valence-electron chi connectivity index (χ0n) is 11.0. The monoisotopic (exact) mass is 280 g/mol. The fraction of sp³-hybridized carbons (Fsp3) is 0.714. The van der Waals surface area contributed by atoms with E-state index in [9.17, 15) is 4.79 Å². The number of carboxylic acid groups (broad SMARTS) is 1. The number of aryl methyl sites for hydroxylation is 1. The van der Waals surface area contributed by atoms with Gasteiger partial charge in [-0.2, -0.15) is 11.8 Å². The summed E-state index contributed by atoms with van der Waals surface area (Å²) in [5, 5.41) is 9.10. The predicted octanol–water partition coefficient (Wildman–Crippen LogP) is 2.22. The number of carboxylic acids is 1. The van der Waals surface area contributed by atoms with Gasteiger partial charge in [-0.05, 0) is 43.1 Å². The third kappa shape index (κ3) is 2.96. The molecule has 1 aromatic heterocycles. The van der Waals surface area contributed by atoms with Crippen LogP contribution in [0.1, 0.15) is 30.8 Å². The van der Waals surface area contributed by atoms with E-state index in [1.807, 2.05) is 11.8 Å². The Hall–Kier alpha value is -0.970. The highest BCUT2D eigenvalue weighted by Crippen LogP contribution is 2.27. The van der Waals surface area contributed by atoms with Gasteiger partial charge >= 0.3 is 5.97 Å². The second-order valence-electron chi connectivity index (χ2n) is 5.66. The van der Waals surface area contributed by atoms with Crippen molar-refractivity contribution in [2.24, 2.45) is 11.8 Å². The Labute approximate surface area is 117 Å². The van der Waals surface area contributed by atoms with Crippen molar-refractivity contribution < 1.29 is 9.90 Å². The number of carbonyl (C=O) groups is 1. The van der Waals surface area contributed by atoms with Gasteiger partial charge in [0, 0.05) is 19.2 Å². The van der Waals surface area contributed by atoms with E-state index in [-0.39, 0.29) is 5.92 Å². The lowest BCUT2D eigenvalue weighted by Crippen LogP contribution is -2.26. The van der Waals surface area contributed by atoms with Crippen molar-refractivity contribution in [3.05, 3.63) is 17.7 Å². The molecule has 1 aromatic rings. The molecule has 3 rings (SSSR count). The van der Waals surface area contributed by atoms with Gasteiger partial charge in [0.05, 0.1) is 11.6 Å². The first-order chi connectivity index (χ1) is 9.22. The molecular formula is C14H20N2O2S. The Morgan fingerprint density at radius 2 is 2.42 bits per heavy atom. The van der Waals surface area contributed by atoms with Gasteiger partial charge in [0.25, 0.3) is 0 Å². The van der Waals surface area contributed by atoms with E-state index < -0.39 is 5.97 Å². The Bertz CT molecular complexity index is 466. The maximum atomic E-state index is 11.1. The molecule has 2 aliphatic heterocycles. The van der Waals surface area contributed by atoms with Crippen LogP contribution in [0.4, 0.5) is 0 Å². The summed E-state index contributed by atoms with van der Waals surface area (Å²) in [6.45, 7) is 0.594. The molecule has 5 heteroatoms. The normalized spacial score (nSPS) is 26.9. The highest BCUT2D eigenvalue weighted by molar-refractivity contribution is 7.99. The smallest absolute Gasteiger partial charge is 0.308 e. The molecule has 0 saturated carbocycles. The maximum absolute atomic E-state index is 11.1. The minimum Gasteiger partial charge on any atom is -0.481 e. The van der Waals surface area contributed by atoms with Crippen molar-refractivity contribution in [2.45, 2.75) is 38.6 Å². The number of fused-ring (bicyclic) bond motifs is 1. The molecule has 1 saturated heterocycles. The fourth-order valence-electron chi connectivity index (χ4n) is 3.07. The maximum Gasteiger partial charge on any atom is 0.308 e. The number of aliphatic carboxylic acids is 1. The topological polar surface area (TPSA) is 55.1 Å². The summed E-state index contributed by atoms with van der Waals surface area (Å²) in [4.78, 5) is 15.8. The molecule has 0 spiro atoms. The second-order valence-corrected chi connectivity index (χ2v) is 6.81. The largest absolute Gasteiger partial charge is 0.481 e. The summed E-state index contributed by atoms with van der Waals surface area (Å²) in [5.74, 6) is 3.47. The van der Waals surface area contributed by atoms with Crippen molar-refractivity contribution in [1.82, 2.24) is 9.55 Å². The van der Waals surface area contributed by atoms with Crippen LogP contribution in [0, 0.1) is 11.8 Å². The second kappa shape index (κ2) is 5.57. The van der Waals surface area contributed by atoms with E-state index in [1.54, 1.807) is 0 Å². The van der Waals surface area contributed by atoms with E-state index in [4.69, 9.17) is 10.1 Å². The lowest BCUT2D eigenvalue weighted by atomic mass is 10.00. The van der Waals surface area contributed by atoms with Crippen LogP contribution >= 0.6 is 11.8 Å². The molecule has 2 aliphatic rings. The van der Waals surface area contributed by atoms with E-state index in [0.29, 0.717) is 6.54 Å². The molecule has 3 heterocycles. The van der Waals surface area contributed by atoms with E-state index in [1.165, 1.54) is 24.3 Å². The number of thioether (sulfide) groups is 1. The quantitative estimate of drug-likeness (QED) is 0.922. The summed E-state index contributed by atoms with van der Waals surface area (Å²) < 4.78 is 2.06. The number of hydrogen-bond acceptors (Lipinski definition) is 3. The summed E-state index contributed by atoms with van der Waals surface area (Å²) in [6.07, 6.45) is 7.31. The highest BCUT2D eigenvalue weighted by atomic mass is 32.2. The molecule has 1 N–H and O–H groups in total. The van der Waals surface area contributed by atoms with Crippen LogP contribution in [0.2, 0.25) is 0 Å². The fourth-order valence-corrected chi connectivity index (χ4v) is 4.22. The first-order valence-corrected chi connectivity index (χ1v) is 8.23. The minimum absolute atomic E-state index is 0.236. The summed E-state index contributed by atoms with van der Waals surface area (Å²) in [7, 11) is 0. The molecule has 1 fully saturated rings. The highest BCUT2D eigenvalue weighted by Gasteiger charge is 2.26. The molecule has 2 atom stereocenters. The Kier molecular flexibility index (Phi) is 3.82. The molecule has 0 amide bonds. The van der Waals surface area contributed by atoms with Crippen LogP contribution in [0.15, 0.2) is 6.20 Å². The van der Waals surface area contributed by atoms with Crippen molar-refractivity contribution >= 4 is 17.7 Å². The van der Waals surface area contributed by atoms with Crippen LogP contribution in [0.5, 0.6) is 0 Å². The van der Waals surface area contributed by atoms with Gasteiger partial charge < -0.3 is 9.67 Å². The van der Waals surface area contributed by atoms with Crippen LogP contribution in [0.25, 0.3) is 0 Å². The molecule has 0 aliphatic carbocycles. The van der Waals surface area contributed by atoms with E-state index in [0.717, 1.165) is 36.7 Å². The van der Waals surface area contributed by atoms with Gasteiger partial charge in [0.15, 0.2) is 0 Å². The van der Waals surface area contributed by atoms with Gasteiger partial charge in [-0.25, -0.2) is 4.98 Å². The number of rotatable bonds is 3. The van der Waals surface area contributed by atoms with Crippen molar-refractivity contribution in [3.63, 3.8) is 0 Å². The van der Waals surface area contributed by atoms with Crippen molar-refractivity contribution in [1.29, 1.82) is 0 Å². The van der Waals surface area contributed by atoms with Crippen molar-refractivity contribution in [3.8, 4) is 0 Å². The van der Waals surface area contributed by atoms with Crippen LogP contribution in [0.3, 0.4) is 0 Å². The summed E-state index contributed by atoms with van der Waals surface area (Å²) in [6, 6.07) is 0. The average Bonchev–Trinajstić information content (AvgIpc) is 2.80. The minimum atomic E-state index is -0.676. The standard InChI is InChI=1S/C14H20N2O2S/c17-14(18)11-3-4-13-15-12(8-16(13)7-11)6-10-2-1-5-19-9-10/h8,10-11H,1-7,9H2,(H,17,18). The van der Waals surface area contributed by atoms with Gasteiger partial charge in [0.1, 0.15) is 5.82 Å². The molecule has 0 bridgehead atoms. The summed E-state index contributed by atoms with van der Waals surface area (Å²) in [5.41, 5.74) is 1.16. The summed E-state index contributed by atoms with van der Waals surface area (Å²) >= 11 is 2.05. The Morgan fingerprint density at radius 3 is 3.16 bits per heavy atom. The number of hydrogen-bond donors (Lipinski definition) is 1. The Balaban J connectivity index is 1.67. The average molecular weight is 280 g/mol. The molecule has 104 valence electrons. The SMILES string of the molecule is O=C(O)C1CCc2nc(CC3CCCSC3)cn2C1. The first kappa shape index (κ1) is 13.0. The van der Waals surface area contributed by atoms with Gasteiger partial charge in [-0.1, -0.05) is 0 Å². The number of nitrogens with zero attached hydrogens (tertiary/aromatic N) is 2.